The molecule has 0 saturated heterocycles. The Kier molecular flexibility index (Phi) is 6.86. The first-order valence-corrected chi connectivity index (χ1v) is 10.9. The molecule has 6 nitrogen and oxygen atoms in total. The lowest BCUT2D eigenvalue weighted by Crippen LogP contribution is -2.22. The van der Waals surface area contributed by atoms with Gasteiger partial charge in [0.15, 0.2) is 5.82 Å². The van der Waals surface area contributed by atoms with E-state index in [2.05, 4.69) is 34.0 Å². The third kappa shape index (κ3) is 6.26. The van der Waals surface area contributed by atoms with Crippen molar-refractivity contribution in [1.29, 1.82) is 0 Å². The highest BCUT2D eigenvalue weighted by molar-refractivity contribution is 5.94. The highest BCUT2D eigenvalue weighted by Crippen LogP contribution is 2.24. The van der Waals surface area contributed by atoms with E-state index in [1.165, 1.54) is 35.3 Å². The monoisotopic (exact) mass is 480 g/mol. The van der Waals surface area contributed by atoms with Gasteiger partial charge in [0, 0.05) is 17.7 Å². The predicted molar refractivity (Wildman–Crippen MR) is 125 cm³/mol. The highest BCUT2D eigenvalue weighted by atomic mass is 19.4. The minimum Gasteiger partial charge on any atom is -0.406 e. The number of ether oxygens (including phenoxy) is 1. The van der Waals surface area contributed by atoms with Crippen LogP contribution in [0.5, 0.6) is 5.75 Å². The molecule has 0 saturated carbocycles. The Morgan fingerprint density at radius 1 is 1.03 bits per heavy atom. The van der Waals surface area contributed by atoms with Crippen LogP contribution in [-0.4, -0.2) is 27.0 Å². The molecule has 0 bridgehead atoms. The molecule has 4 aromatic rings. The summed E-state index contributed by atoms with van der Waals surface area (Å²) in [4.78, 5) is 16.8. The Labute approximate surface area is 200 Å². The molecule has 0 radical (unpaired) electrons. The van der Waals surface area contributed by atoms with Gasteiger partial charge >= 0.3 is 6.36 Å². The molecular formula is C26H23F3N4O2. The molecule has 1 aromatic heterocycles. The largest absolute Gasteiger partial charge is 0.573 e. The molecule has 180 valence electrons. The number of hydrogen-bond donors (Lipinski definition) is 1. The van der Waals surface area contributed by atoms with Crippen molar-refractivity contribution in [2.24, 2.45) is 0 Å². The van der Waals surface area contributed by atoms with E-state index in [1.807, 2.05) is 42.5 Å². The van der Waals surface area contributed by atoms with Gasteiger partial charge in [-0.15, -0.1) is 18.3 Å². The van der Waals surface area contributed by atoms with Gasteiger partial charge in [-0.25, -0.2) is 9.67 Å². The van der Waals surface area contributed by atoms with E-state index in [-0.39, 0.29) is 11.7 Å². The van der Waals surface area contributed by atoms with Crippen LogP contribution in [0, 0.1) is 0 Å². The number of hydrogen-bond acceptors (Lipinski definition) is 4. The summed E-state index contributed by atoms with van der Waals surface area (Å²) in [5, 5.41) is 7.32. The first kappa shape index (κ1) is 24.0. The number of halogens is 3. The lowest BCUT2D eigenvalue weighted by atomic mass is 10.0. The van der Waals surface area contributed by atoms with Crippen LogP contribution in [0.2, 0.25) is 0 Å². The summed E-state index contributed by atoms with van der Waals surface area (Å²) in [6.07, 6.45) is -3.26. The number of nitrogens with one attached hydrogen (secondary N) is 1. The van der Waals surface area contributed by atoms with Gasteiger partial charge in [-0.1, -0.05) is 50.2 Å². The Balaban J connectivity index is 1.38. The molecule has 9 heteroatoms. The van der Waals surface area contributed by atoms with Crippen molar-refractivity contribution in [2.45, 2.75) is 32.7 Å². The minimum absolute atomic E-state index is 0.136. The number of nitrogens with zero attached hydrogens (tertiary/aromatic N) is 3. The van der Waals surface area contributed by atoms with Crippen molar-refractivity contribution < 1.29 is 22.7 Å². The smallest absolute Gasteiger partial charge is 0.406 e. The SMILES string of the molecule is CC(C)c1cccc(C(=O)NCc2ccc(-c3ncn(-c4ccc(OC(F)(F)F)cc4)n3)cc2)c1. The molecule has 0 aliphatic heterocycles. The lowest BCUT2D eigenvalue weighted by Gasteiger charge is -2.09. The zero-order valence-electron chi connectivity index (χ0n) is 19.1. The molecule has 1 amide bonds. The van der Waals surface area contributed by atoms with Crippen LogP contribution in [0.1, 0.15) is 41.3 Å². The first-order valence-electron chi connectivity index (χ1n) is 10.9. The molecule has 4 rings (SSSR count). The number of amides is 1. The fourth-order valence-electron chi connectivity index (χ4n) is 3.42. The van der Waals surface area contributed by atoms with Crippen molar-refractivity contribution in [3.8, 4) is 22.8 Å². The normalized spacial score (nSPS) is 11.5. The standard InChI is InChI=1S/C26H23F3N4O2/c1-17(2)20-4-3-5-21(14-20)25(34)30-15-18-6-8-19(9-7-18)24-31-16-33(32-24)22-10-12-23(13-11-22)35-26(27,28)29/h3-14,16-17H,15H2,1-2H3,(H,30,34). The molecule has 1 N–H and O–H groups in total. The Morgan fingerprint density at radius 3 is 2.40 bits per heavy atom. The Morgan fingerprint density at radius 2 is 1.74 bits per heavy atom. The highest BCUT2D eigenvalue weighted by Gasteiger charge is 2.31. The topological polar surface area (TPSA) is 69.0 Å². The zero-order valence-corrected chi connectivity index (χ0v) is 19.1. The number of rotatable bonds is 7. The lowest BCUT2D eigenvalue weighted by molar-refractivity contribution is -0.274. The van der Waals surface area contributed by atoms with Gasteiger partial charge in [-0.2, -0.15) is 0 Å². The molecular weight excluding hydrogens is 457 g/mol. The molecule has 3 aromatic carbocycles. The van der Waals surface area contributed by atoms with E-state index in [0.717, 1.165) is 16.7 Å². The maximum atomic E-state index is 12.5. The maximum Gasteiger partial charge on any atom is 0.573 e. The average molecular weight is 480 g/mol. The van der Waals surface area contributed by atoms with E-state index in [9.17, 15) is 18.0 Å². The molecule has 0 unspecified atom stereocenters. The van der Waals surface area contributed by atoms with Crippen LogP contribution < -0.4 is 10.1 Å². The van der Waals surface area contributed by atoms with Crippen LogP contribution in [0.25, 0.3) is 17.1 Å². The van der Waals surface area contributed by atoms with Crippen LogP contribution >= 0.6 is 0 Å². The van der Waals surface area contributed by atoms with Crippen molar-refractivity contribution in [3.05, 3.63) is 95.8 Å². The molecule has 0 aliphatic carbocycles. The quantitative estimate of drug-likeness (QED) is 0.358. The third-order valence-corrected chi connectivity index (χ3v) is 5.31. The van der Waals surface area contributed by atoms with Crippen molar-refractivity contribution in [3.63, 3.8) is 0 Å². The van der Waals surface area contributed by atoms with E-state index < -0.39 is 6.36 Å². The van der Waals surface area contributed by atoms with Gasteiger partial charge in [-0.05, 0) is 53.4 Å². The predicted octanol–water partition coefficient (Wildman–Crippen LogP) is 5.89. The average Bonchev–Trinajstić information content (AvgIpc) is 3.33. The second kappa shape index (κ2) is 10.0. The van der Waals surface area contributed by atoms with E-state index in [4.69, 9.17) is 0 Å². The summed E-state index contributed by atoms with van der Waals surface area (Å²) >= 11 is 0. The summed E-state index contributed by atoms with van der Waals surface area (Å²) < 4.78 is 42.3. The number of carbonyl (C=O) groups is 1. The van der Waals surface area contributed by atoms with Gasteiger partial charge in [0.2, 0.25) is 0 Å². The number of benzene rings is 3. The number of carbonyl (C=O) groups excluding carboxylic acids is 1. The van der Waals surface area contributed by atoms with E-state index >= 15 is 0 Å². The van der Waals surface area contributed by atoms with Crippen LogP contribution in [0.15, 0.2) is 79.1 Å². The second-order valence-electron chi connectivity index (χ2n) is 8.21. The molecule has 0 aliphatic rings. The van der Waals surface area contributed by atoms with Gasteiger partial charge < -0.3 is 10.1 Å². The molecule has 1 heterocycles. The third-order valence-electron chi connectivity index (χ3n) is 5.31. The fourth-order valence-corrected chi connectivity index (χ4v) is 3.42. The summed E-state index contributed by atoms with van der Waals surface area (Å²) in [6, 6.07) is 20.4. The fraction of sp³-hybridized carbons (Fsp3) is 0.192. The summed E-state index contributed by atoms with van der Waals surface area (Å²) in [7, 11) is 0. The van der Waals surface area contributed by atoms with Gasteiger partial charge in [0.1, 0.15) is 12.1 Å². The van der Waals surface area contributed by atoms with Gasteiger partial charge in [0.25, 0.3) is 5.91 Å². The minimum atomic E-state index is -4.74. The summed E-state index contributed by atoms with van der Waals surface area (Å²) in [5.74, 6) is 0.359. The van der Waals surface area contributed by atoms with Crippen LogP contribution in [-0.2, 0) is 6.54 Å². The Hall–Kier alpha value is -4.14. The van der Waals surface area contributed by atoms with Crippen molar-refractivity contribution in [2.75, 3.05) is 0 Å². The molecule has 0 spiro atoms. The molecule has 0 atom stereocenters. The van der Waals surface area contributed by atoms with Crippen molar-refractivity contribution >= 4 is 5.91 Å². The van der Waals surface area contributed by atoms with E-state index in [1.54, 1.807) is 6.07 Å². The van der Waals surface area contributed by atoms with Crippen LogP contribution in [0.3, 0.4) is 0 Å². The summed E-state index contributed by atoms with van der Waals surface area (Å²) in [6.45, 7) is 4.54. The number of aromatic nitrogens is 3. The second-order valence-corrected chi connectivity index (χ2v) is 8.21. The number of alkyl halides is 3. The maximum absolute atomic E-state index is 12.5. The summed E-state index contributed by atoms with van der Waals surface area (Å²) in [5.41, 5.74) is 3.96. The molecule has 35 heavy (non-hydrogen) atoms. The van der Waals surface area contributed by atoms with Gasteiger partial charge in [0.05, 0.1) is 5.69 Å². The van der Waals surface area contributed by atoms with E-state index in [0.29, 0.717) is 29.5 Å². The first-order chi connectivity index (χ1) is 16.7. The Bertz CT molecular complexity index is 1300. The van der Waals surface area contributed by atoms with Crippen molar-refractivity contribution in [1.82, 2.24) is 20.1 Å². The van der Waals surface area contributed by atoms with Gasteiger partial charge in [-0.3, -0.25) is 4.79 Å². The van der Waals surface area contributed by atoms with Crippen LogP contribution in [0.4, 0.5) is 13.2 Å². The molecule has 0 fully saturated rings. The zero-order chi connectivity index (χ0) is 25.0.